The molecule has 0 spiro atoms. The molecule has 1 aliphatic rings. The fraction of sp³-hybridized carbons (Fsp3) is 0.192. The average molecular weight is 504 g/mol. The van der Waals surface area contributed by atoms with Crippen molar-refractivity contribution >= 4 is 35.0 Å². The topological polar surface area (TPSA) is 47.6 Å². The summed E-state index contributed by atoms with van der Waals surface area (Å²) in [6.07, 6.45) is -0.823. The molecule has 9 heteroatoms. The Hall–Kier alpha value is -3.30. The van der Waals surface area contributed by atoms with E-state index in [1.165, 1.54) is 13.2 Å². The zero-order valence-corrected chi connectivity index (χ0v) is 19.4. The number of carbonyl (C=O) groups excluding carboxylic acids is 1. The fourth-order valence-electron chi connectivity index (χ4n) is 3.44. The zero-order valence-electron chi connectivity index (χ0n) is 18.6. The SMILES string of the molecule is COc1ccc(/C=C/C(=O)c2ccc3c(c2)Nc2ccccc2S3)cc1COCC(F)(F)C(F)F. The van der Waals surface area contributed by atoms with Gasteiger partial charge in [0, 0.05) is 20.9 Å². The van der Waals surface area contributed by atoms with Crippen LogP contribution in [0.1, 0.15) is 21.5 Å². The van der Waals surface area contributed by atoms with Crippen LogP contribution in [0.4, 0.5) is 28.9 Å². The highest BCUT2D eigenvalue weighted by Gasteiger charge is 2.41. The predicted octanol–water partition coefficient (Wildman–Crippen LogP) is 7.22. The maximum atomic E-state index is 13.1. The molecule has 3 aromatic rings. The molecule has 0 radical (unpaired) electrons. The van der Waals surface area contributed by atoms with Crippen molar-refractivity contribution < 1.29 is 31.8 Å². The number of hydrogen-bond acceptors (Lipinski definition) is 5. The zero-order chi connectivity index (χ0) is 25.0. The molecular formula is C26H21F4NO3S. The largest absolute Gasteiger partial charge is 0.496 e. The molecule has 4 nitrogen and oxygen atoms in total. The van der Waals surface area contributed by atoms with Crippen molar-refractivity contribution in [2.24, 2.45) is 0 Å². The van der Waals surface area contributed by atoms with E-state index in [1.54, 1.807) is 48.2 Å². The third-order valence-corrected chi connectivity index (χ3v) is 6.40. The molecule has 0 saturated heterocycles. The first-order valence-corrected chi connectivity index (χ1v) is 11.4. The van der Waals surface area contributed by atoms with Crippen LogP contribution in [-0.4, -0.2) is 31.8 Å². The predicted molar refractivity (Wildman–Crippen MR) is 127 cm³/mol. The van der Waals surface area contributed by atoms with Crippen molar-refractivity contribution in [3.63, 3.8) is 0 Å². The number of para-hydroxylation sites is 1. The molecule has 0 aliphatic carbocycles. The molecule has 0 atom stereocenters. The normalized spacial score (nSPS) is 12.9. The molecule has 0 bridgehead atoms. The second kappa shape index (κ2) is 10.5. The summed E-state index contributed by atoms with van der Waals surface area (Å²) in [6, 6.07) is 18.2. The molecule has 0 unspecified atom stereocenters. The number of alkyl halides is 4. The van der Waals surface area contributed by atoms with E-state index in [-0.39, 0.29) is 12.4 Å². The maximum Gasteiger partial charge on any atom is 0.330 e. The van der Waals surface area contributed by atoms with Crippen LogP contribution in [0.15, 0.2) is 76.5 Å². The molecule has 1 N–H and O–H groups in total. The van der Waals surface area contributed by atoms with Gasteiger partial charge in [0.1, 0.15) is 12.4 Å². The van der Waals surface area contributed by atoms with Gasteiger partial charge in [-0.25, -0.2) is 8.78 Å². The summed E-state index contributed by atoms with van der Waals surface area (Å²) in [5.74, 6) is -4.10. The highest BCUT2D eigenvalue weighted by atomic mass is 32.2. The molecule has 182 valence electrons. The minimum absolute atomic E-state index is 0.219. The van der Waals surface area contributed by atoms with Gasteiger partial charge in [-0.1, -0.05) is 36.0 Å². The summed E-state index contributed by atoms with van der Waals surface area (Å²) in [7, 11) is 1.40. The van der Waals surface area contributed by atoms with Gasteiger partial charge < -0.3 is 14.8 Å². The van der Waals surface area contributed by atoms with E-state index >= 15 is 0 Å². The summed E-state index contributed by atoms with van der Waals surface area (Å²) in [5.41, 5.74) is 3.31. The number of ether oxygens (including phenoxy) is 2. The summed E-state index contributed by atoms with van der Waals surface area (Å²) >= 11 is 1.62. The van der Waals surface area contributed by atoms with Gasteiger partial charge in [0.05, 0.1) is 25.1 Å². The van der Waals surface area contributed by atoms with Gasteiger partial charge >= 0.3 is 12.3 Å². The standard InChI is InChI=1S/C26H21F4NO3S/c1-33-22-10-7-16(12-18(22)14-34-15-26(29,30)25(27)28)6-9-21(32)17-8-11-24-20(13-17)31-19-4-2-3-5-23(19)35-24/h2-13,25,31H,14-15H2,1H3/b9-6+. The minimum atomic E-state index is -4.23. The van der Waals surface area contributed by atoms with Gasteiger partial charge in [0.25, 0.3) is 0 Å². The van der Waals surface area contributed by atoms with Crippen molar-refractivity contribution in [2.75, 3.05) is 19.0 Å². The molecule has 3 aromatic carbocycles. The van der Waals surface area contributed by atoms with E-state index in [0.717, 1.165) is 21.2 Å². The number of ketones is 1. The lowest BCUT2D eigenvalue weighted by molar-refractivity contribution is -0.168. The van der Waals surface area contributed by atoms with Crippen molar-refractivity contribution in [2.45, 2.75) is 28.7 Å². The monoisotopic (exact) mass is 503 g/mol. The number of nitrogens with one attached hydrogen (secondary N) is 1. The van der Waals surface area contributed by atoms with E-state index in [1.807, 2.05) is 30.3 Å². The molecule has 0 saturated carbocycles. The first kappa shape index (κ1) is 24.8. The van der Waals surface area contributed by atoms with Crippen molar-refractivity contribution in [1.82, 2.24) is 0 Å². The van der Waals surface area contributed by atoms with Crippen molar-refractivity contribution in [1.29, 1.82) is 0 Å². The third-order valence-electron chi connectivity index (χ3n) is 5.24. The van der Waals surface area contributed by atoms with E-state index in [4.69, 9.17) is 9.47 Å². The molecule has 0 aromatic heterocycles. The smallest absolute Gasteiger partial charge is 0.330 e. The average Bonchev–Trinajstić information content (AvgIpc) is 2.85. The van der Waals surface area contributed by atoms with E-state index in [9.17, 15) is 22.4 Å². The maximum absolute atomic E-state index is 13.1. The van der Waals surface area contributed by atoms with E-state index in [0.29, 0.717) is 22.4 Å². The Morgan fingerprint density at radius 1 is 1.06 bits per heavy atom. The van der Waals surface area contributed by atoms with E-state index in [2.05, 4.69) is 5.32 Å². The highest BCUT2D eigenvalue weighted by Crippen LogP contribution is 2.44. The van der Waals surface area contributed by atoms with Crippen LogP contribution in [-0.2, 0) is 11.3 Å². The quantitative estimate of drug-likeness (QED) is 0.149. The van der Waals surface area contributed by atoms with Gasteiger partial charge in [-0.2, -0.15) is 8.78 Å². The fourth-order valence-corrected chi connectivity index (χ4v) is 4.40. The second-order valence-electron chi connectivity index (χ2n) is 7.76. The Morgan fingerprint density at radius 3 is 2.60 bits per heavy atom. The Kier molecular flexibility index (Phi) is 7.47. The van der Waals surface area contributed by atoms with Gasteiger partial charge in [0.2, 0.25) is 0 Å². The first-order chi connectivity index (χ1) is 16.8. The van der Waals surface area contributed by atoms with Crippen LogP contribution in [0.5, 0.6) is 5.75 Å². The second-order valence-corrected chi connectivity index (χ2v) is 8.84. The lowest BCUT2D eigenvalue weighted by Gasteiger charge is -2.20. The molecule has 35 heavy (non-hydrogen) atoms. The van der Waals surface area contributed by atoms with Gasteiger partial charge in [0.15, 0.2) is 5.78 Å². The van der Waals surface area contributed by atoms with Crippen LogP contribution >= 0.6 is 11.8 Å². The lowest BCUT2D eigenvalue weighted by Crippen LogP contribution is -2.32. The number of halogens is 4. The van der Waals surface area contributed by atoms with E-state index < -0.39 is 19.0 Å². The number of benzene rings is 3. The molecule has 4 rings (SSSR count). The minimum Gasteiger partial charge on any atom is -0.496 e. The third kappa shape index (κ3) is 5.86. The molecule has 0 amide bonds. The summed E-state index contributed by atoms with van der Waals surface area (Å²) in [4.78, 5) is 14.9. The number of carbonyl (C=O) groups is 1. The summed E-state index contributed by atoms with van der Waals surface area (Å²) in [5, 5.41) is 3.34. The van der Waals surface area contributed by atoms with Crippen LogP contribution in [0.2, 0.25) is 0 Å². The summed E-state index contributed by atoms with van der Waals surface area (Å²) in [6.45, 7) is -1.77. The molecule has 1 aliphatic heterocycles. The Bertz CT molecular complexity index is 1260. The lowest BCUT2D eigenvalue weighted by atomic mass is 10.1. The molecule has 1 heterocycles. The van der Waals surface area contributed by atoms with Crippen LogP contribution in [0.3, 0.4) is 0 Å². The molecule has 0 fully saturated rings. The number of methoxy groups -OCH3 is 1. The Morgan fingerprint density at radius 2 is 1.83 bits per heavy atom. The number of fused-ring (bicyclic) bond motifs is 2. The van der Waals surface area contributed by atoms with Crippen LogP contribution < -0.4 is 10.1 Å². The summed E-state index contributed by atoms with van der Waals surface area (Å²) < 4.78 is 60.8. The van der Waals surface area contributed by atoms with Gasteiger partial charge in [-0.15, -0.1) is 0 Å². The Balaban J connectivity index is 1.45. The van der Waals surface area contributed by atoms with Crippen LogP contribution in [0.25, 0.3) is 6.08 Å². The van der Waals surface area contributed by atoms with Crippen LogP contribution in [0, 0.1) is 0 Å². The molecular weight excluding hydrogens is 482 g/mol. The van der Waals surface area contributed by atoms with Crippen molar-refractivity contribution in [3.05, 3.63) is 83.4 Å². The highest BCUT2D eigenvalue weighted by molar-refractivity contribution is 7.99. The number of rotatable bonds is 9. The van der Waals surface area contributed by atoms with Gasteiger partial charge in [-0.05, 0) is 54.1 Å². The number of allylic oxidation sites excluding steroid dienone is 1. The Labute approximate surface area is 203 Å². The van der Waals surface area contributed by atoms with Crippen molar-refractivity contribution in [3.8, 4) is 5.75 Å². The first-order valence-electron chi connectivity index (χ1n) is 10.6. The number of anilines is 2. The van der Waals surface area contributed by atoms with Gasteiger partial charge in [-0.3, -0.25) is 4.79 Å². The number of hydrogen-bond donors (Lipinski definition) is 1.